The van der Waals surface area contributed by atoms with Crippen molar-refractivity contribution in [1.29, 1.82) is 0 Å². The highest BCUT2D eigenvalue weighted by Crippen LogP contribution is 2.44. The van der Waals surface area contributed by atoms with Crippen molar-refractivity contribution in [2.24, 2.45) is 0 Å². The van der Waals surface area contributed by atoms with E-state index < -0.39 is 0 Å². The van der Waals surface area contributed by atoms with Crippen molar-refractivity contribution in [3.63, 3.8) is 0 Å². The SMILES string of the molecule is O=C(c1ccc2c(c1)COC2)N1CCC(O)C12CCCC2. The van der Waals surface area contributed by atoms with Crippen LogP contribution < -0.4 is 0 Å². The number of nitrogens with zero attached hydrogens (tertiary/aromatic N) is 1. The fraction of sp³-hybridized carbons (Fsp3) is 0.588. The van der Waals surface area contributed by atoms with Crippen molar-refractivity contribution in [3.8, 4) is 0 Å². The minimum atomic E-state index is -0.360. The van der Waals surface area contributed by atoms with Crippen molar-refractivity contribution in [2.75, 3.05) is 6.54 Å². The molecule has 1 saturated heterocycles. The molecule has 1 aromatic carbocycles. The van der Waals surface area contributed by atoms with Gasteiger partial charge in [0.15, 0.2) is 0 Å². The molecule has 1 aromatic rings. The van der Waals surface area contributed by atoms with Gasteiger partial charge in [-0.2, -0.15) is 0 Å². The Morgan fingerprint density at radius 1 is 1.24 bits per heavy atom. The van der Waals surface area contributed by atoms with Gasteiger partial charge >= 0.3 is 0 Å². The number of aliphatic hydroxyl groups excluding tert-OH is 1. The number of hydrogen-bond acceptors (Lipinski definition) is 3. The van der Waals surface area contributed by atoms with Gasteiger partial charge in [0.2, 0.25) is 0 Å². The van der Waals surface area contributed by atoms with Crippen LogP contribution in [0.4, 0.5) is 0 Å². The van der Waals surface area contributed by atoms with Gasteiger partial charge in [-0.25, -0.2) is 0 Å². The molecule has 21 heavy (non-hydrogen) atoms. The Hall–Kier alpha value is -1.39. The van der Waals surface area contributed by atoms with Crippen LogP contribution in [0.3, 0.4) is 0 Å². The summed E-state index contributed by atoms with van der Waals surface area (Å²) in [6.07, 6.45) is 4.45. The van der Waals surface area contributed by atoms with Crippen LogP contribution in [-0.2, 0) is 18.0 Å². The van der Waals surface area contributed by atoms with E-state index in [-0.39, 0.29) is 17.6 Å². The highest BCUT2D eigenvalue weighted by atomic mass is 16.5. The highest BCUT2D eigenvalue weighted by molar-refractivity contribution is 5.95. The second kappa shape index (κ2) is 4.82. The normalized spacial score (nSPS) is 26.5. The molecule has 4 rings (SSSR count). The first-order chi connectivity index (χ1) is 10.2. The molecule has 3 aliphatic rings. The molecule has 1 spiro atoms. The molecule has 4 heteroatoms. The van der Waals surface area contributed by atoms with E-state index in [9.17, 15) is 9.90 Å². The second-order valence-electron chi connectivity index (χ2n) is 6.55. The Balaban J connectivity index is 1.65. The number of carbonyl (C=O) groups is 1. The predicted molar refractivity (Wildman–Crippen MR) is 77.8 cm³/mol. The van der Waals surface area contributed by atoms with Crippen LogP contribution in [0.25, 0.3) is 0 Å². The number of benzene rings is 1. The number of fused-ring (bicyclic) bond motifs is 1. The third-order valence-corrected chi connectivity index (χ3v) is 5.47. The lowest BCUT2D eigenvalue weighted by molar-refractivity contribution is 0.0260. The van der Waals surface area contributed by atoms with Gasteiger partial charge in [-0.15, -0.1) is 0 Å². The van der Waals surface area contributed by atoms with Crippen molar-refractivity contribution in [2.45, 2.75) is 57.0 Å². The van der Waals surface area contributed by atoms with Crippen molar-refractivity contribution >= 4 is 5.91 Å². The number of amides is 1. The van der Waals surface area contributed by atoms with Gasteiger partial charge in [0.25, 0.3) is 5.91 Å². The molecular formula is C17H21NO3. The van der Waals surface area contributed by atoms with E-state index >= 15 is 0 Å². The first-order valence-electron chi connectivity index (χ1n) is 7.90. The van der Waals surface area contributed by atoms with Gasteiger partial charge in [0.1, 0.15) is 0 Å². The van der Waals surface area contributed by atoms with E-state index in [1.54, 1.807) is 0 Å². The van der Waals surface area contributed by atoms with Crippen LogP contribution in [0.2, 0.25) is 0 Å². The molecule has 112 valence electrons. The first-order valence-corrected chi connectivity index (χ1v) is 7.90. The lowest BCUT2D eigenvalue weighted by Crippen LogP contribution is -2.50. The second-order valence-corrected chi connectivity index (χ2v) is 6.55. The highest BCUT2D eigenvalue weighted by Gasteiger charge is 2.51. The zero-order valence-corrected chi connectivity index (χ0v) is 12.2. The molecule has 4 nitrogen and oxygen atoms in total. The average molecular weight is 287 g/mol. The van der Waals surface area contributed by atoms with Gasteiger partial charge in [0.05, 0.1) is 24.9 Å². The van der Waals surface area contributed by atoms with Crippen LogP contribution in [0, 0.1) is 0 Å². The van der Waals surface area contributed by atoms with E-state index in [0.717, 1.165) is 36.8 Å². The van der Waals surface area contributed by atoms with Crippen molar-refractivity contribution in [1.82, 2.24) is 4.90 Å². The van der Waals surface area contributed by atoms with E-state index in [1.165, 1.54) is 5.56 Å². The summed E-state index contributed by atoms with van der Waals surface area (Å²) in [5.41, 5.74) is 2.75. The minimum absolute atomic E-state index is 0.0724. The van der Waals surface area contributed by atoms with Gasteiger partial charge in [-0.1, -0.05) is 18.9 Å². The van der Waals surface area contributed by atoms with Gasteiger partial charge in [-0.3, -0.25) is 4.79 Å². The fourth-order valence-electron chi connectivity index (χ4n) is 4.28. The molecular weight excluding hydrogens is 266 g/mol. The Morgan fingerprint density at radius 2 is 2.00 bits per heavy atom. The molecule has 0 aromatic heterocycles. The lowest BCUT2D eigenvalue weighted by atomic mass is 9.90. The van der Waals surface area contributed by atoms with Crippen LogP contribution in [0.1, 0.15) is 53.6 Å². The van der Waals surface area contributed by atoms with E-state index in [2.05, 4.69) is 0 Å². The number of likely N-dealkylation sites (tertiary alicyclic amines) is 1. The summed E-state index contributed by atoms with van der Waals surface area (Å²) in [5, 5.41) is 10.4. The number of hydrogen-bond donors (Lipinski definition) is 1. The maximum absolute atomic E-state index is 12.9. The number of ether oxygens (including phenoxy) is 1. The van der Waals surface area contributed by atoms with E-state index in [0.29, 0.717) is 26.2 Å². The molecule has 1 saturated carbocycles. The molecule has 1 atom stereocenters. The van der Waals surface area contributed by atoms with Crippen molar-refractivity contribution in [3.05, 3.63) is 34.9 Å². The summed E-state index contributed by atoms with van der Waals surface area (Å²) < 4.78 is 5.42. The lowest BCUT2D eigenvalue weighted by Gasteiger charge is -2.37. The fourth-order valence-corrected chi connectivity index (χ4v) is 4.28. The summed E-state index contributed by atoms with van der Waals surface area (Å²) >= 11 is 0. The maximum atomic E-state index is 12.9. The minimum Gasteiger partial charge on any atom is -0.391 e. The first kappa shape index (κ1) is 13.3. The third-order valence-electron chi connectivity index (χ3n) is 5.47. The molecule has 1 aliphatic carbocycles. The largest absolute Gasteiger partial charge is 0.391 e. The smallest absolute Gasteiger partial charge is 0.254 e. The third kappa shape index (κ3) is 1.93. The van der Waals surface area contributed by atoms with Crippen molar-refractivity contribution < 1.29 is 14.6 Å². The average Bonchev–Trinajstić information content (AvgIpc) is 3.21. The maximum Gasteiger partial charge on any atom is 0.254 e. The Kier molecular flexibility index (Phi) is 3.05. The Morgan fingerprint density at radius 3 is 2.81 bits per heavy atom. The molecule has 2 aliphatic heterocycles. The number of carbonyl (C=O) groups excluding carboxylic acids is 1. The summed E-state index contributed by atoms with van der Waals surface area (Å²) in [7, 11) is 0. The van der Waals surface area contributed by atoms with Gasteiger partial charge in [-0.05, 0) is 42.5 Å². The Labute approximate surface area is 124 Å². The molecule has 2 fully saturated rings. The molecule has 1 amide bonds. The van der Waals surface area contributed by atoms with Crippen LogP contribution in [0.5, 0.6) is 0 Å². The molecule has 2 heterocycles. The summed E-state index contributed by atoms with van der Waals surface area (Å²) in [6, 6.07) is 5.88. The van der Waals surface area contributed by atoms with E-state index in [4.69, 9.17) is 4.74 Å². The van der Waals surface area contributed by atoms with E-state index in [1.807, 2.05) is 23.1 Å². The topological polar surface area (TPSA) is 49.8 Å². The quantitative estimate of drug-likeness (QED) is 0.862. The summed E-state index contributed by atoms with van der Waals surface area (Å²) in [6.45, 7) is 1.92. The predicted octanol–water partition coefficient (Wildman–Crippen LogP) is 2.24. The monoisotopic (exact) mass is 287 g/mol. The zero-order chi connectivity index (χ0) is 14.4. The van der Waals surface area contributed by atoms with Crippen LogP contribution in [0.15, 0.2) is 18.2 Å². The molecule has 0 radical (unpaired) electrons. The zero-order valence-electron chi connectivity index (χ0n) is 12.2. The standard InChI is InChI=1S/C17H21NO3/c19-15-5-8-18(17(15)6-1-2-7-17)16(20)12-3-4-13-10-21-11-14(13)9-12/h3-4,9,15,19H,1-2,5-8,10-11H2. The molecule has 0 bridgehead atoms. The summed E-state index contributed by atoms with van der Waals surface area (Å²) in [4.78, 5) is 14.9. The van der Waals surface area contributed by atoms with Crippen LogP contribution in [-0.4, -0.2) is 34.1 Å². The van der Waals surface area contributed by atoms with Gasteiger partial charge < -0.3 is 14.7 Å². The summed E-state index contributed by atoms with van der Waals surface area (Å²) in [5.74, 6) is 0.0724. The Bertz CT molecular complexity index is 577. The van der Waals surface area contributed by atoms with Gasteiger partial charge in [0, 0.05) is 12.1 Å². The molecule has 1 N–H and O–H groups in total. The number of rotatable bonds is 1. The molecule has 1 unspecified atom stereocenters. The number of aliphatic hydroxyl groups is 1. The van der Waals surface area contributed by atoms with Crippen LogP contribution >= 0.6 is 0 Å².